The van der Waals surface area contributed by atoms with Crippen molar-refractivity contribution in [1.29, 1.82) is 0 Å². The molecule has 410 valence electrons. The highest BCUT2D eigenvalue weighted by Crippen LogP contribution is 2.53. The summed E-state index contributed by atoms with van der Waals surface area (Å²) in [4.78, 5) is 63.5. The van der Waals surface area contributed by atoms with Crippen LogP contribution in [0.15, 0.2) is 77.0 Å². The molecule has 0 spiro atoms. The molecule has 0 unspecified atom stereocenters. The van der Waals surface area contributed by atoms with Gasteiger partial charge in [-0.25, -0.2) is 13.6 Å². The second-order valence-electron chi connectivity index (χ2n) is 19.6. The van der Waals surface area contributed by atoms with Gasteiger partial charge in [-0.3, -0.25) is 19.2 Å². The fourth-order valence-electron chi connectivity index (χ4n) is 9.29. The number of thioether (sulfide) groups is 1. The molecule has 21 heteroatoms. The number of nitrogens with one attached hydrogen (secondary N) is 7. The molecule has 7 N–H and O–H groups in total. The van der Waals surface area contributed by atoms with E-state index in [2.05, 4.69) is 47.4 Å². The van der Waals surface area contributed by atoms with Gasteiger partial charge in [0.1, 0.15) is 29.5 Å². The van der Waals surface area contributed by atoms with E-state index >= 15 is 0 Å². The van der Waals surface area contributed by atoms with Crippen LogP contribution >= 0.6 is 11.8 Å². The quantitative estimate of drug-likeness (QED) is 0.0175. The molecular weight excluding hydrogens is 998 g/mol. The molecule has 6 amide bonds. The van der Waals surface area contributed by atoms with Crippen molar-refractivity contribution in [3.63, 3.8) is 0 Å². The second kappa shape index (κ2) is 29.5. The van der Waals surface area contributed by atoms with Gasteiger partial charge in [-0.15, -0.1) is 10.2 Å². The van der Waals surface area contributed by atoms with E-state index < -0.39 is 59.7 Å². The van der Waals surface area contributed by atoms with Crippen molar-refractivity contribution >= 4 is 41.4 Å². The Kier molecular flexibility index (Phi) is 23.0. The second-order valence-corrected chi connectivity index (χ2v) is 20.8. The van der Waals surface area contributed by atoms with E-state index in [9.17, 15) is 45.9 Å². The SMILES string of the molecule is C[C@H](NC(=O)Cc1cc(F)cc(F)c1)C(=O)N[C@H](C(=O)NCc1ccc(C2(C(F)(F)F)N=N2)cc1OCCCCCCCCNCCCCCCCCNC(=O)CCCC[C@@H]1SC[C@@H]2NC(=O)N[C@@H]21)c1ccccc1. The molecule has 2 fully saturated rings. The molecule has 0 saturated carbocycles. The normalized spacial score (nSPS) is 18.1. The summed E-state index contributed by atoms with van der Waals surface area (Å²) in [6.45, 7) is 4.10. The number of unbranched alkanes of at least 4 members (excludes halogenated alkanes) is 11. The largest absolute Gasteiger partial charge is 0.493 e. The third-order valence-electron chi connectivity index (χ3n) is 13.5. The Balaban J connectivity index is 0.823. The number of fused-ring (bicyclic) bond motifs is 1. The summed E-state index contributed by atoms with van der Waals surface area (Å²) in [7, 11) is 0. The van der Waals surface area contributed by atoms with E-state index in [0.717, 1.165) is 115 Å². The number of amides is 6. The maximum atomic E-state index is 14.0. The van der Waals surface area contributed by atoms with Crippen molar-refractivity contribution in [1.82, 2.24) is 37.2 Å². The molecule has 3 heterocycles. The van der Waals surface area contributed by atoms with E-state index in [-0.39, 0.29) is 54.1 Å². The predicted molar refractivity (Wildman–Crippen MR) is 277 cm³/mol. The Morgan fingerprint density at radius 3 is 2.07 bits per heavy atom. The Morgan fingerprint density at radius 2 is 1.40 bits per heavy atom. The van der Waals surface area contributed by atoms with Crippen LogP contribution < -0.4 is 42.0 Å². The van der Waals surface area contributed by atoms with Crippen molar-refractivity contribution in [2.45, 2.75) is 164 Å². The first-order valence-corrected chi connectivity index (χ1v) is 27.5. The minimum absolute atomic E-state index is 0.0651. The molecule has 0 bridgehead atoms. The highest BCUT2D eigenvalue weighted by atomic mass is 32.2. The first-order valence-electron chi connectivity index (χ1n) is 26.4. The molecule has 0 radical (unpaired) electrons. The first kappa shape index (κ1) is 58.4. The van der Waals surface area contributed by atoms with E-state index in [0.29, 0.717) is 35.3 Å². The first-order chi connectivity index (χ1) is 36.1. The molecule has 0 aliphatic carbocycles. The van der Waals surface area contributed by atoms with Crippen molar-refractivity contribution in [3.05, 3.63) is 101 Å². The lowest BCUT2D eigenvalue weighted by atomic mass is 10.00. The van der Waals surface area contributed by atoms with E-state index in [4.69, 9.17) is 4.74 Å². The standard InChI is InChI=1S/C54H72F5N9O6S/c1-36(63-47(70)31-37-29-41(55)33-42(56)30-37)50(71)65-48(38-19-11-10-12-20-38)51(72)62-34-39-23-24-40(53(67-68-53)54(57,58)59)32-44(39)74-28-18-9-5-4-7-16-26-60-25-15-6-2-3-8-17-27-61-46(69)22-14-13-21-45-49-43(35-75-45)64-52(73)66-49/h10-12,19-20,23-24,29-30,32-33,36,43,45,48-49,60H,2-9,13-18,21-22,25-28,31,34-35H2,1H3,(H,61,69)(H,62,72)(H,63,70)(H,65,71)(H2,64,66,73)/t36-,43-,45-,48-,49-/m0/s1. The summed E-state index contributed by atoms with van der Waals surface area (Å²) >= 11 is 1.91. The summed E-state index contributed by atoms with van der Waals surface area (Å²) < 4.78 is 75.4. The fraction of sp³-hybridized carbons (Fsp3) is 0.574. The van der Waals surface area contributed by atoms with Crippen molar-refractivity contribution in [2.24, 2.45) is 10.2 Å². The van der Waals surface area contributed by atoms with Crippen molar-refractivity contribution in [3.8, 4) is 5.75 Å². The maximum Gasteiger partial charge on any atom is 0.442 e. The Labute approximate surface area is 440 Å². The van der Waals surface area contributed by atoms with Gasteiger partial charge in [0.25, 0.3) is 0 Å². The summed E-state index contributed by atoms with van der Waals surface area (Å²) in [5.41, 5.74) is -2.02. The molecule has 3 aliphatic heterocycles. The van der Waals surface area contributed by atoms with E-state index in [1.165, 1.54) is 38.0 Å². The summed E-state index contributed by atoms with van der Waals surface area (Å²) in [6, 6.07) is 12.9. The molecule has 15 nitrogen and oxygen atoms in total. The number of hydrogen-bond acceptors (Lipinski definition) is 10. The number of halogens is 5. The van der Waals surface area contributed by atoms with Gasteiger partial charge in [0.05, 0.1) is 25.1 Å². The summed E-state index contributed by atoms with van der Waals surface area (Å²) in [5, 5.41) is 27.5. The molecule has 5 atom stereocenters. The van der Waals surface area contributed by atoms with Crippen LogP contribution in [0.3, 0.4) is 0 Å². The highest BCUT2D eigenvalue weighted by Gasteiger charge is 2.65. The van der Waals surface area contributed by atoms with Gasteiger partial charge in [-0.05, 0) is 87.9 Å². The van der Waals surface area contributed by atoms with E-state index in [1.54, 1.807) is 30.3 Å². The minimum Gasteiger partial charge on any atom is -0.493 e. The molecule has 75 heavy (non-hydrogen) atoms. The number of benzene rings is 3. The number of alkyl halides is 3. The van der Waals surface area contributed by atoms with Gasteiger partial charge >= 0.3 is 17.9 Å². The maximum absolute atomic E-state index is 14.0. The lowest BCUT2D eigenvalue weighted by Gasteiger charge is -2.22. The smallest absolute Gasteiger partial charge is 0.442 e. The van der Waals surface area contributed by atoms with Crippen molar-refractivity contribution in [2.75, 3.05) is 32.0 Å². The zero-order valence-corrected chi connectivity index (χ0v) is 43.5. The van der Waals surface area contributed by atoms with Crippen LogP contribution in [0.5, 0.6) is 5.75 Å². The van der Waals surface area contributed by atoms with Gasteiger partial charge in [-0.2, -0.15) is 24.9 Å². The number of carbonyl (C=O) groups excluding carboxylic acids is 5. The van der Waals surface area contributed by atoms with Crippen molar-refractivity contribution < 1.29 is 50.7 Å². The zero-order chi connectivity index (χ0) is 53.6. The Morgan fingerprint density at radius 1 is 0.747 bits per heavy atom. The van der Waals surface area contributed by atoms with Gasteiger partial charge in [-0.1, -0.05) is 100 Å². The monoisotopic (exact) mass is 1070 g/mol. The van der Waals surface area contributed by atoms with Crippen LogP contribution in [0.2, 0.25) is 0 Å². The number of nitrogens with zero attached hydrogens (tertiary/aromatic N) is 2. The van der Waals surface area contributed by atoms with Crippen LogP contribution in [-0.2, 0) is 37.8 Å². The Hall–Kier alpha value is -5.83. The van der Waals surface area contributed by atoms with Crippen LogP contribution in [0, 0.1) is 11.6 Å². The zero-order valence-electron chi connectivity index (χ0n) is 42.6. The molecule has 6 rings (SSSR count). The van der Waals surface area contributed by atoms with Crippen LogP contribution in [0.4, 0.5) is 26.7 Å². The lowest BCUT2D eigenvalue weighted by Crippen LogP contribution is -2.49. The molecular formula is C54H72F5N9O6S. The lowest BCUT2D eigenvalue weighted by molar-refractivity contribution is -0.166. The summed E-state index contributed by atoms with van der Waals surface area (Å²) in [5.74, 6) is -2.55. The average molecular weight is 1070 g/mol. The van der Waals surface area contributed by atoms with Crippen LogP contribution in [-0.4, -0.2) is 91.2 Å². The predicted octanol–water partition coefficient (Wildman–Crippen LogP) is 8.86. The topological polar surface area (TPSA) is 204 Å². The number of ether oxygens (including phenoxy) is 1. The molecule has 3 aliphatic rings. The average Bonchev–Trinajstić information content (AvgIpc) is 4.04. The van der Waals surface area contributed by atoms with Gasteiger partial charge in [0, 0.05) is 47.7 Å². The van der Waals surface area contributed by atoms with Gasteiger partial charge in [0.15, 0.2) is 0 Å². The van der Waals surface area contributed by atoms with E-state index in [1.807, 2.05) is 11.8 Å². The fourth-order valence-corrected chi connectivity index (χ4v) is 10.8. The number of rotatable bonds is 34. The minimum atomic E-state index is -4.76. The number of carbonyl (C=O) groups is 5. The molecule has 3 aromatic rings. The van der Waals surface area contributed by atoms with Crippen LogP contribution in [0.1, 0.15) is 138 Å². The molecule has 0 aromatic heterocycles. The third kappa shape index (κ3) is 18.8. The molecule has 2 saturated heterocycles. The number of hydrogen-bond donors (Lipinski definition) is 7. The number of urea groups is 1. The highest BCUT2D eigenvalue weighted by molar-refractivity contribution is 8.00. The molecule has 3 aromatic carbocycles. The summed E-state index contributed by atoms with van der Waals surface area (Å²) in [6.07, 6.45) is 10.6. The van der Waals surface area contributed by atoms with Gasteiger partial charge in [0.2, 0.25) is 23.6 Å². The third-order valence-corrected chi connectivity index (χ3v) is 15.1. The van der Waals surface area contributed by atoms with Gasteiger partial charge < -0.3 is 42.0 Å². The Bertz CT molecular complexity index is 2360. The van der Waals surface area contributed by atoms with Crippen LogP contribution in [0.25, 0.3) is 0 Å².